The molecule has 2 rings (SSSR count). The van der Waals surface area contributed by atoms with Crippen molar-refractivity contribution in [1.29, 1.82) is 0 Å². The molecule has 0 spiro atoms. The van der Waals surface area contributed by atoms with Crippen LogP contribution in [0.25, 0.3) is 0 Å². The van der Waals surface area contributed by atoms with Crippen LogP contribution in [-0.2, 0) is 5.41 Å². The van der Waals surface area contributed by atoms with Crippen molar-refractivity contribution in [1.82, 2.24) is 4.98 Å². The number of hydrogen-bond acceptors (Lipinski definition) is 3. The van der Waals surface area contributed by atoms with Crippen LogP contribution in [-0.4, -0.2) is 10.1 Å². The second-order valence-electron chi connectivity index (χ2n) is 6.21. The van der Waals surface area contributed by atoms with E-state index in [4.69, 9.17) is 0 Å². The van der Waals surface area contributed by atoms with Crippen LogP contribution in [0.1, 0.15) is 54.3 Å². The first-order chi connectivity index (χ1) is 9.20. The van der Waals surface area contributed by atoms with Crippen LogP contribution < -0.4 is 0 Å². The lowest BCUT2D eigenvalue weighted by Crippen LogP contribution is -2.12. The highest BCUT2D eigenvalue weighted by atomic mass is 32.1. The van der Waals surface area contributed by atoms with Gasteiger partial charge in [-0.05, 0) is 31.0 Å². The zero-order chi connectivity index (χ0) is 15.1. The molecular formula is C16H20FNOS. The Balaban J connectivity index is 2.42. The van der Waals surface area contributed by atoms with Crippen LogP contribution in [0, 0.1) is 19.7 Å². The van der Waals surface area contributed by atoms with Crippen LogP contribution in [0.5, 0.6) is 0 Å². The molecule has 1 heterocycles. The van der Waals surface area contributed by atoms with Crippen molar-refractivity contribution in [3.05, 3.63) is 50.7 Å². The number of nitrogens with zero attached hydrogens (tertiary/aromatic N) is 1. The number of aliphatic hydroxyl groups excluding tert-OH is 1. The van der Waals surface area contributed by atoms with Gasteiger partial charge in [-0.1, -0.05) is 26.8 Å². The number of halogens is 1. The minimum atomic E-state index is -1.01. The topological polar surface area (TPSA) is 33.1 Å². The average molecular weight is 293 g/mol. The molecular weight excluding hydrogens is 273 g/mol. The Labute approximate surface area is 123 Å². The average Bonchev–Trinajstić information content (AvgIpc) is 2.75. The summed E-state index contributed by atoms with van der Waals surface area (Å²) in [5.74, 6) is -0.375. The molecule has 0 aliphatic rings. The van der Waals surface area contributed by atoms with Gasteiger partial charge in [-0.2, -0.15) is 0 Å². The van der Waals surface area contributed by atoms with Gasteiger partial charge in [0.2, 0.25) is 0 Å². The fourth-order valence-corrected chi connectivity index (χ4v) is 3.10. The summed E-state index contributed by atoms with van der Waals surface area (Å²) in [6, 6.07) is 3.32. The summed E-state index contributed by atoms with van der Waals surface area (Å²) in [4.78, 5) is 4.46. The number of aryl methyl sites for hydroxylation is 2. The Hall–Kier alpha value is -1.26. The molecule has 0 saturated carbocycles. The van der Waals surface area contributed by atoms with Crippen molar-refractivity contribution < 1.29 is 9.50 Å². The second kappa shape index (κ2) is 5.26. The van der Waals surface area contributed by atoms with E-state index in [1.165, 1.54) is 17.4 Å². The molecule has 108 valence electrons. The number of thiazole rings is 1. The Kier molecular flexibility index (Phi) is 3.98. The molecule has 20 heavy (non-hydrogen) atoms. The van der Waals surface area contributed by atoms with E-state index in [0.29, 0.717) is 11.3 Å². The summed E-state index contributed by atoms with van der Waals surface area (Å²) in [6.45, 7) is 9.86. The molecule has 0 fully saturated rings. The molecule has 0 bridgehead atoms. The predicted molar refractivity (Wildman–Crippen MR) is 80.7 cm³/mol. The Morgan fingerprint density at radius 2 is 1.90 bits per heavy atom. The van der Waals surface area contributed by atoms with Gasteiger partial charge in [0, 0.05) is 16.4 Å². The van der Waals surface area contributed by atoms with E-state index in [1.54, 1.807) is 0 Å². The molecule has 1 N–H and O–H groups in total. The Morgan fingerprint density at radius 1 is 1.25 bits per heavy atom. The third-order valence-corrected chi connectivity index (χ3v) is 4.48. The summed E-state index contributed by atoms with van der Waals surface area (Å²) >= 11 is 1.50. The second-order valence-corrected chi connectivity index (χ2v) is 7.07. The molecule has 2 aromatic rings. The van der Waals surface area contributed by atoms with Gasteiger partial charge in [0.15, 0.2) is 0 Å². The van der Waals surface area contributed by atoms with Gasteiger partial charge in [0.25, 0.3) is 0 Å². The van der Waals surface area contributed by atoms with Crippen molar-refractivity contribution in [2.45, 2.75) is 46.1 Å². The molecule has 1 atom stereocenters. The minimum absolute atomic E-state index is 0.0660. The van der Waals surface area contributed by atoms with Gasteiger partial charge < -0.3 is 5.11 Å². The maximum Gasteiger partial charge on any atom is 0.129 e. The largest absolute Gasteiger partial charge is 0.382 e. The zero-order valence-corrected chi connectivity index (χ0v) is 13.3. The number of aliphatic hydroxyl groups is 1. The molecule has 1 aromatic heterocycles. The van der Waals surface area contributed by atoms with Crippen molar-refractivity contribution in [3.8, 4) is 0 Å². The molecule has 0 amide bonds. The Morgan fingerprint density at radius 3 is 2.40 bits per heavy atom. The van der Waals surface area contributed by atoms with E-state index in [-0.39, 0.29) is 11.2 Å². The molecule has 0 radical (unpaired) electrons. The maximum atomic E-state index is 14.1. The van der Waals surface area contributed by atoms with E-state index in [1.807, 2.05) is 25.3 Å². The highest BCUT2D eigenvalue weighted by molar-refractivity contribution is 7.09. The molecule has 4 heteroatoms. The predicted octanol–water partition coefficient (Wildman–Crippen LogP) is 4.28. The smallest absolute Gasteiger partial charge is 0.129 e. The third kappa shape index (κ3) is 2.91. The fourth-order valence-electron chi connectivity index (χ4n) is 2.18. The lowest BCUT2D eigenvalue weighted by atomic mass is 9.97. The lowest BCUT2D eigenvalue weighted by Gasteiger charge is -2.15. The number of rotatable bonds is 2. The van der Waals surface area contributed by atoms with Crippen LogP contribution in [0.15, 0.2) is 17.5 Å². The maximum absolute atomic E-state index is 14.1. The molecule has 0 saturated heterocycles. The van der Waals surface area contributed by atoms with Crippen molar-refractivity contribution >= 4 is 11.3 Å². The molecule has 1 aromatic carbocycles. The van der Waals surface area contributed by atoms with E-state index >= 15 is 0 Å². The van der Waals surface area contributed by atoms with Crippen LogP contribution in [0.3, 0.4) is 0 Å². The van der Waals surface area contributed by atoms with Crippen LogP contribution in [0.2, 0.25) is 0 Å². The summed E-state index contributed by atoms with van der Waals surface area (Å²) < 4.78 is 14.1. The number of hydrogen-bond donors (Lipinski definition) is 1. The first-order valence-corrected chi connectivity index (χ1v) is 7.48. The normalized spacial score (nSPS) is 13.6. The number of aromatic nitrogens is 1. The minimum Gasteiger partial charge on any atom is -0.382 e. The van der Waals surface area contributed by atoms with E-state index in [0.717, 1.165) is 16.1 Å². The van der Waals surface area contributed by atoms with Gasteiger partial charge in [-0.3, -0.25) is 0 Å². The first kappa shape index (κ1) is 15.1. The Bertz CT molecular complexity index is 605. The standard InChI is InChI=1S/C16H20FNOS/c1-9-6-10(2)13(11(17)7-9)14(19)12-8-20-15(18-12)16(3,4)5/h6-8,14,19H,1-5H3. The monoisotopic (exact) mass is 293 g/mol. The molecule has 0 aliphatic carbocycles. The van der Waals surface area contributed by atoms with Gasteiger partial charge in [-0.15, -0.1) is 11.3 Å². The van der Waals surface area contributed by atoms with Gasteiger partial charge >= 0.3 is 0 Å². The van der Waals surface area contributed by atoms with Crippen molar-refractivity contribution in [3.63, 3.8) is 0 Å². The van der Waals surface area contributed by atoms with E-state index in [2.05, 4.69) is 25.8 Å². The summed E-state index contributed by atoms with van der Waals surface area (Å²) in [5, 5.41) is 13.2. The highest BCUT2D eigenvalue weighted by Gasteiger charge is 2.24. The molecule has 1 unspecified atom stereocenters. The SMILES string of the molecule is Cc1cc(C)c(C(O)c2csc(C(C)(C)C)n2)c(F)c1. The highest BCUT2D eigenvalue weighted by Crippen LogP contribution is 2.32. The van der Waals surface area contributed by atoms with Gasteiger partial charge in [-0.25, -0.2) is 9.37 Å². The molecule has 0 aliphatic heterocycles. The van der Waals surface area contributed by atoms with Crippen LogP contribution in [0.4, 0.5) is 4.39 Å². The number of benzene rings is 1. The van der Waals surface area contributed by atoms with Crippen molar-refractivity contribution in [2.75, 3.05) is 0 Å². The summed E-state index contributed by atoms with van der Waals surface area (Å²) in [5.41, 5.74) is 2.38. The van der Waals surface area contributed by atoms with E-state index < -0.39 is 6.10 Å². The first-order valence-electron chi connectivity index (χ1n) is 6.60. The lowest BCUT2D eigenvalue weighted by molar-refractivity contribution is 0.209. The fraction of sp³-hybridized carbons (Fsp3) is 0.438. The summed E-state index contributed by atoms with van der Waals surface area (Å²) in [7, 11) is 0. The van der Waals surface area contributed by atoms with Gasteiger partial charge in [0.05, 0.1) is 10.7 Å². The van der Waals surface area contributed by atoms with Crippen LogP contribution >= 0.6 is 11.3 Å². The zero-order valence-electron chi connectivity index (χ0n) is 12.5. The van der Waals surface area contributed by atoms with Gasteiger partial charge in [0.1, 0.15) is 11.9 Å². The third-order valence-electron chi connectivity index (χ3n) is 3.20. The molecule has 2 nitrogen and oxygen atoms in total. The quantitative estimate of drug-likeness (QED) is 0.896. The van der Waals surface area contributed by atoms with E-state index in [9.17, 15) is 9.50 Å². The summed E-state index contributed by atoms with van der Waals surface area (Å²) in [6.07, 6.45) is -1.01. The van der Waals surface area contributed by atoms with Crippen molar-refractivity contribution in [2.24, 2.45) is 0 Å².